The monoisotopic (exact) mass is 329 g/mol. The van der Waals surface area contributed by atoms with Crippen LogP contribution in [0.15, 0.2) is 85.3 Å². The molecule has 0 saturated heterocycles. The van der Waals surface area contributed by atoms with Crippen molar-refractivity contribution in [2.75, 3.05) is 6.54 Å². The second kappa shape index (κ2) is 6.69. The van der Waals surface area contributed by atoms with Crippen LogP contribution in [-0.2, 0) is 6.54 Å². The zero-order valence-corrected chi connectivity index (χ0v) is 13.8. The van der Waals surface area contributed by atoms with Gasteiger partial charge in [0.25, 0.3) is 5.91 Å². The van der Waals surface area contributed by atoms with E-state index in [1.165, 1.54) is 10.9 Å². The Morgan fingerprint density at radius 3 is 2.40 bits per heavy atom. The lowest BCUT2D eigenvalue weighted by Crippen LogP contribution is -2.27. The number of aromatic nitrogens is 2. The van der Waals surface area contributed by atoms with Gasteiger partial charge in [-0.15, -0.1) is 0 Å². The molecule has 4 nitrogen and oxygen atoms in total. The molecule has 124 valence electrons. The zero-order valence-electron chi connectivity index (χ0n) is 13.8. The van der Waals surface area contributed by atoms with Gasteiger partial charge in [-0.25, -0.2) is 0 Å². The van der Waals surface area contributed by atoms with E-state index in [2.05, 4.69) is 34.3 Å². The fourth-order valence-corrected chi connectivity index (χ4v) is 3.02. The Bertz CT molecular complexity index is 982. The first kappa shape index (κ1) is 15.3. The molecule has 4 heteroatoms. The number of hydrogen-bond acceptors (Lipinski definition) is 1. The number of carbonyl (C=O) groups excluding carboxylic acids is 1. The fraction of sp³-hybridized carbons (Fsp3) is 0.0952. The summed E-state index contributed by atoms with van der Waals surface area (Å²) in [5.74, 6) is -0.0458. The average molecular weight is 329 g/mol. The lowest BCUT2D eigenvalue weighted by Gasteiger charge is -2.09. The van der Waals surface area contributed by atoms with E-state index in [4.69, 9.17) is 0 Å². The SMILES string of the molecule is O=C(NCCn1ccc2ccccc21)c1ccc(-n2cccc2)cc1. The molecule has 2 heterocycles. The van der Waals surface area contributed by atoms with Crippen LogP contribution in [0.25, 0.3) is 16.6 Å². The van der Waals surface area contributed by atoms with Crippen molar-refractivity contribution < 1.29 is 4.79 Å². The molecule has 1 N–H and O–H groups in total. The number of nitrogens with zero attached hydrogens (tertiary/aromatic N) is 2. The predicted octanol–water partition coefficient (Wildman–Crippen LogP) is 3.86. The summed E-state index contributed by atoms with van der Waals surface area (Å²) < 4.78 is 4.17. The maximum Gasteiger partial charge on any atom is 0.251 e. The number of fused-ring (bicyclic) bond motifs is 1. The van der Waals surface area contributed by atoms with E-state index in [0.29, 0.717) is 12.1 Å². The number of nitrogens with one attached hydrogen (secondary N) is 1. The molecule has 4 rings (SSSR count). The third-order valence-electron chi connectivity index (χ3n) is 4.35. The number of benzene rings is 2. The first-order chi connectivity index (χ1) is 12.3. The minimum absolute atomic E-state index is 0.0458. The molecule has 2 aromatic carbocycles. The van der Waals surface area contributed by atoms with Gasteiger partial charge in [0.05, 0.1) is 0 Å². The summed E-state index contributed by atoms with van der Waals surface area (Å²) in [6.45, 7) is 1.34. The van der Waals surface area contributed by atoms with Crippen LogP contribution in [0.2, 0.25) is 0 Å². The average Bonchev–Trinajstić information content (AvgIpc) is 3.32. The van der Waals surface area contributed by atoms with Gasteiger partial charge in [-0.1, -0.05) is 18.2 Å². The Morgan fingerprint density at radius 2 is 1.60 bits per heavy atom. The third-order valence-corrected chi connectivity index (χ3v) is 4.35. The van der Waals surface area contributed by atoms with Gasteiger partial charge in [-0.05, 0) is 53.9 Å². The summed E-state index contributed by atoms with van der Waals surface area (Å²) in [5.41, 5.74) is 2.90. The van der Waals surface area contributed by atoms with Crippen molar-refractivity contribution in [1.82, 2.24) is 14.5 Å². The van der Waals surface area contributed by atoms with Gasteiger partial charge in [0, 0.05) is 48.4 Å². The molecule has 0 atom stereocenters. The molecule has 0 radical (unpaired) electrons. The second-order valence-corrected chi connectivity index (χ2v) is 5.96. The maximum atomic E-state index is 12.3. The summed E-state index contributed by atoms with van der Waals surface area (Å²) in [6, 6.07) is 21.9. The van der Waals surface area contributed by atoms with Gasteiger partial charge >= 0.3 is 0 Å². The van der Waals surface area contributed by atoms with Crippen LogP contribution in [-0.4, -0.2) is 21.6 Å². The summed E-state index contributed by atoms with van der Waals surface area (Å²) in [5, 5.41) is 4.21. The normalized spacial score (nSPS) is 10.9. The molecule has 2 aromatic heterocycles. The second-order valence-electron chi connectivity index (χ2n) is 5.96. The van der Waals surface area contributed by atoms with Gasteiger partial charge in [0.15, 0.2) is 0 Å². The van der Waals surface area contributed by atoms with Crippen LogP contribution in [0.1, 0.15) is 10.4 Å². The van der Waals surface area contributed by atoms with E-state index in [0.717, 1.165) is 12.2 Å². The lowest BCUT2D eigenvalue weighted by molar-refractivity contribution is 0.0952. The van der Waals surface area contributed by atoms with Gasteiger partial charge < -0.3 is 14.5 Å². The molecule has 25 heavy (non-hydrogen) atoms. The quantitative estimate of drug-likeness (QED) is 0.593. The van der Waals surface area contributed by atoms with Crippen molar-refractivity contribution in [2.24, 2.45) is 0 Å². The molecule has 0 aliphatic rings. The largest absolute Gasteiger partial charge is 0.350 e. The van der Waals surface area contributed by atoms with Gasteiger partial charge in [0.1, 0.15) is 0 Å². The third kappa shape index (κ3) is 3.19. The van der Waals surface area contributed by atoms with E-state index >= 15 is 0 Å². The highest BCUT2D eigenvalue weighted by Gasteiger charge is 2.06. The minimum Gasteiger partial charge on any atom is -0.350 e. The molecule has 0 aliphatic carbocycles. The van der Waals surface area contributed by atoms with Crippen LogP contribution >= 0.6 is 0 Å². The molecule has 1 amide bonds. The molecule has 0 fully saturated rings. The van der Waals surface area contributed by atoms with Crippen molar-refractivity contribution in [1.29, 1.82) is 0 Å². The minimum atomic E-state index is -0.0458. The van der Waals surface area contributed by atoms with Crippen LogP contribution in [0.4, 0.5) is 0 Å². The van der Waals surface area contributed by atoms with Crippen LogP contribution in [0.3, 0.4) is 0 Å². The van der Waals surface area contributed by atoms with E-state index in [1.54, 1.807) is 0 Å². The van der Waals surface area contributed by atoms with Crippen molar-refractivity contribution in [3.8, 4) is 5.69 Å². The topological polar surface area (TPSA) is 39.0 Å². The molecule has 0 saturated carbocycles. The van der Waals surface area contributed by atoms with E-state index < -0.39 is 0 Å². The van der Waals surface area contributed by atoms with E-state index in [9.17, 15) is 4.79 Å². The molecule has 0 unspecified atom stereocenters. The summed E-state index contributed by atoms with van der Waals surface area (Å²) in [7, 11) is 0. The number of para-hydroxylation sites is 1. The fourth-order valence-electron chi connectivity index (χ4n) is 3.02. The van der Waals surface area contributed by atoms with Crippen LogP contribution in [0.5, 0.6) is 0 Å². The smallest absolute Gasteiger partial charge is 0.251 e. The predicted molar refractivity (Wildman–Crippen MR) is 100 cm³/mol. The van der Waals surface area contributed by atoms with E-state index in [1.807, 2.05) is 65.5 Å². The highest BCUT2D eigenvalue weighted by molar-refractivity contribution is 5.94. The molecule has 0 spiro atoms. The Kier molecular flexibility index (Phi) is 4.09. The number of rotatable bonds is 5. The van der Waals surface area contributed by atoms with Gasteiger partial charge in [-0.3, -0.25) is 4.79 Å². The standard InChI is InChI=1S/C21H19N3O/c25-21(18-7-9-19(10-8-18)23-13-3-4-14-23)22-12-16-24-15-11-17-5-1-2-6-20(17)24/h1-11,13-15H,12,16H2,(H,22,25). The molecular formula is C21H19N3O. The maximum absolute atomic E-state index is 12.3. The van der Waals surface area contributed by atoms with Crippen LogP contribution in [0, 0.1) is 0 Å². The summed E-state index contributed by atoms with van der Waals surface area (Å²) >= 11 is 0. The summed E-state index contributed by atoms with van der Waals surface area (Å²) in [4.78, 5) is 12.3. The van der Waals surface area contributed by atoms with Crippen molar-refractivity contribution in [3.63, 3.8) is 0 Å². The molecular weight excluding hydrogens is 310 g/mol. The lowest BCUT2D eigenvalue weighted by atomic mass is 10.2. The zero-order chi connectivity index (χ0) is 17.1. The highest BCUT2D eigenvalue weighted by Crippen LogP contribution is 2.14. The Balaban J connectivity index is 1.37. The number of amides is 1. The van der Waals surface area contributed by atoms with Crippen molar-refractivity contribution in [2.45, 2.75) is 6.54 Å². The number of carbonyl (C=O) groups is 1. The molecule has 4 aromatic rings. The Morgan fingerprint density at radius 1 is 0.840 bits per heavy atom. The highest BCUT2D eigenvalue weighted by atomic mass is 16.1. The first-order valence-electron chi connectivity index (χ1n) is 8.37. The van der Waals surface area contributed by atoms with E-state index in [-0.39, 0.29) is 5.91 Å². The van der Waals surface area contributed by atoms with Crippen molar-refractivity contribution in [3.05, 3.63) is 90.9 Å². The Labute approximate surface area is 146 Å². The summed E-state index contributed by atoms with van der Waals surface area (Å²) in [6.07, 6.45) is 6.02. The van der Waals surface area contributed by atoms with Gasteiger partial charge in [-0.2, -0.15) is 0 Å². The van der Waals surface area contributed by atoms with Crippen molar-refractivity contribution >= 4 is 16.8 Å². The number of hydrogen-bond donors (Lipinski definition) is 1. The van der Waals surface area contributed by atoms with Gasteiger partial charge in [0.2, 0.25) is 0 Å². The van der Waals surface area contributed by atoms with Crippen LogP contribution < -0.4 is 5.32 Å². The molecule has 0 aliphatic heterocycles. The first-order valence-corrected chi connectivity index (χ1v) is 8.37. The molecule has 0 bridgehead atoms. The Hall–Kier alpha value is -3.27.